The fourth-order valence-corrected chi connectivity index (χ4v) is 1.51. The minimum Gasteiger partial charge on any atom is -0.360 e. The van der Waals surface area contributed by atoms with Crippen LogP contribution >= 0.6 is 11.6 Å². The molecular formula is C10H7ClFNO. The first kappa shape index (κ1) is 9.37. The second-order valence-corrected chi connectivity index (χ2v) is 3.25. The molecule has 4 heteroatoms. The number of aromatic nitrogens is 1. The molecule has 0 saturated carbocycles. The van der Waals surface area contributed by atoms with Gasteiger partial charge in [-0.05, 0) is 12.1 Å². The van der Waals surface area contributed by atoms with Crippen LogP contribution in [-0.4, -0.2) is 10.1 Å². The van der Waals surface area contributed by atoms with Gasteiger partial charge in [-0.3, -0.25) is 0 Å². The van der Waals surface area contributed by atoms with Gasteiger partial charge in [0.05, 0.1) is 11.1 Å². The van der Waals surface area contributed by atoms with Crippen molar-refractivity contribution in [2.45, 2.75) is 6.36 Å². The van der Waals surface area contributed by atoms with E-state index >= 15 is 0 Å². The van der Waals surface area contributed by atoms with E-state index in [1.54, 1.807) is 12.1 Å². The van der Waals surface area contributed by atoms with Crippen molar-refractivity contribution < 1.29 is 9.50 Å². The first-order chi connectivity index (χ1) is 6.68. The molecule has 0 aliphatic heterocycles. The van der Waals surface area contributed by atoms with E-state index < -0.39 is 6.36 Å². The highest BCUT2D eigenvalue weighted by molar-refractivity contribution is 6.30. The van der Waals surface area contributed by atoms with Gasteiger partial charge < -0.3 is 5.11 Å². The van der Waals surface area contributed by atoms with Crippen molar-refractivity contribution in [3.63, 3.8) is 0 Å². The van der Waals surface area contributed by atoms with E-state index in [9.17, 15) is 4.39 Å². The Balaban J connectivity index is 2.71. The smallest absolute Gasteiger partial charge is 0.225 e. The van der Waals surface area contributed by atoms with Crippen LogP contribution in [0.1, 0.15) is 11.9 Å². The molecule has 2 rings (SSSR count). The highest BCUT2D eigenvalue weighted by Crippen LogP contribution is 2.25. The van der Waals surface area contributed by atoms with Crippen LogP contribution < -0.4 is 0 Å². The molecule has 0 radical (unpaired) electrons. The van der Waals surface area contributed by atoms with Gasteiger partial charge in [-0.15, -0.1) is 0 Å². The Morgan fingerprint density at radius 2 is 2.07 bits per heavy atom. The zero-order chi connectivity index (χ0) is 10.1. The molecule has 1 aromatic heterocycles. The van der Waals surface area contributed by atoms with E-state index in [0.717, 1.165) is 5.39 Å². The fraction of sp³-hybridized carbons (Fsp3) is 0.100. The van der Waals surface area contributed by atoms with Gasteiger partial charge >= 0.3 is 0 Å². The molecule has 1 atom stereocenters. The highest BCUT2D eigenvalue weighted by atomic mass is 35.5. The molecule has 72 valence electrons. The Labute approximate surface area is 85.0 Å². The third kappa shape index (κ3) is 1.56. The van der Waals surface area contributed by atoms with E-state index in [1.807, 2.05) is 12.1 Å². The van der Waals surface area contributed by atoms with Gasteiger partial charge in [0.15, 0.2) is 0 Å². The Kier molecular flexibility index (Phi) is 2.35. The van der Waals surface area contributed by atoms with E-state index in [0.29, 0.717) is 5.52 Å². The van der Waals surface area contributed by atoms with Crippen molar-refractivity contribution in [3.05, 3.63) is 41.0 Å². The van der Waals surface area contributed by atoms with Crippen molar-refractivity contribution in [1.29, 1.82) is 0 Å². The average Bonchev–Trinajstić information content (AvgIpc) is 2.16. The second-order valence-electron chi connectivity index (χ2n) is 2.90. The third-order valence-electron chi connectivity index (χ3n) is 1.96. The first-order valence-electron chi connectivity index (χ1n) is 4.06. The maximum atomic E-state index is 12.7. The van der Waals surface area contributed by atoms with Crippen LogP contribution in [0.3, 0.4) is 0 Å². The van der Waals surface area contributed by atoms with Crippen LogP contribution in [0.5, 0.6) is 0 Å². The molecule has 2 aromatic rings. The number of hydrogen-bond acceptors (Lipinski definition) is 2. The summed E-state index contributed by atoms with van der Waals surface area (Å²) in [5.74, 6) is 0. The molecule has 0 unspecified atom stereocenters. The monoisotopic (exact) mass is 211 g/mol. The predicted molar refractivity (Wildman–Crippen MR) is 52.8 cm³/mol. The molecule has 0 aliphatic rings. The third-order valence-corrected chi connectivity index (χ3v) is 2.26. The highest BCUT2D eigenvalue weighted by Gasteiger charge is 2.11. The largest absolute Gasteiger partial charge is 0.360 e. The number of alkyl halides is 1. The van der Waals surface area contributed by atoms with Crippen LogP contribution in [0.2, 0.25) is 5.15 Å². The van der Waals surface area contributed by atoms with Crippen LogP contribution in [-0.2, 0) is 0 Å². The lowest BCUT2D eigenvalue weighted by atomic mass is 10.1. The molecule has 1 aromatic carbocycles. The molecule has 0 saturated heterocycles. The number of para-hydroxylation sites is 1. The molecule has 1 heterocycles. The maximum Gasteiger partial charge on any atom is 0.225 e. The van der Waals surface area contributed by atoms with Crippen LogP contribution in [0, 0.1) is 0 Å². The summed E-state index contributed by atoms with van der Waals surface area (Å²) >= 11 is 5.69. The summed E-state index contributed by atoms with van der Waals surface area (Å²) in [5, 5.41) is 9.53. The van der Waals surface area contributed by atoms with E-state index in [4.69, 9.17) is 16.7 Å². The number of rotatable bonds is 1. The average molecular weight is 212 g/mol. The Morgan fingerprint density at radius 1 is 1.36 bits per heavy atom. The minimum atomic E-state index is -2.08. The van der Waals surface area contributed by atoms with E-state index in [1.165, 1.54) is 6.07 Å². The van der Waals surface area contributed by atoms with Crippen molar-refractivity contribution in [2.24, 2.45) is 0 Å². The predicted octanol–water partition coefficient (Wildman–Crippen LogP) is 2.85. The van der Waals surface area contributed by atoms with Gasteiger partial charge in [-0.1, -0.05) is 29.8 Å². The van der Waals surface area contributed by atoms with Crippen LogP contribution in [0.25, 0.3) is 10.9 Å². The van der Waals surface area contributed by atoms with Gasteiger partial charge in [-0.25, -0.2) is 9.37 Å². The summed E-state index contributed by atoms with van der Waals surface area (Å²) in [6, 6.07) is 8.68. The number of halogens is 2. The van der Waals surface area contributed by atoms with Gasteiger partial charge in [0.25, 0.3) is 0 Å². The molecule has 0 amide bonds. The molecular weight excluding hydrogens is 205 g/mol. The summed E-state index contributed by atoms with van der Waals surface area (Å²) < 4.78 is 12.7. The number of nitrogens with zero attached hydrogens (tertiary/aromatic N) is 1. The lowest BCUT2D eigenvalue weighted by molar-refractivity contribution is 0.0411. The van der Waals surface area contributed by atoms with Gasteiger partial charge in [0.2, 0.25) is 6.36 Å². The van der Waals surface area contributed by atoms with E-state index in [-0.39, 0.29) is 10.7 Å². The fourth-order valence-electron chi connectivity index (χ4n) is 1.28. The SMILES string of the molecule is O[C@@H](F)c1cc2ccccc2nc1Cl. The summed E-state index contributed by atoms with van der Waals surface area (Å²) in [6.45, 7) is 0. The first-order valence-corrected chi connectivity index (χ1v) is 4.43. The summed E-state index contributed by atoms with van der Waals surface area (Å²) in [5.41, 5.74) is 0.687. The molecule has 2 nitrogen and oxygen atoms in total. The zero-order valence-electron chi connectivity index (χ0n) is 7.11. The quantitative estimate of drug-likeness (QED) is 0.736. The molecule has 0 bridgehead atoms. The second kappa shape index (κ2) is 3.52. The number of hydrogen-bond donors (Lipinski definition) is 1. The molecule has 1 N–H and O–H groups in total. The zero-order valence-corrected chi connectivity index (χ0v) is 7.87. The lowest BCUT2D eigenvalue weighted by Crippen LogP contribution is -1.93. The van der Waals surface area contributed by atoms with Gasteiger partial charge in [0.1, 0.15) is 5.15 Å². The number of fused-ring (bicyclic) bond motifs is 1. The van der Waals surface area contributed by atoms with Crippen LogP contribution in [0.15, 0.2) is 30.3 Å². The Morgan fingerprint density at radius 3 is 2.79 bits per heavy atom. The van der Waals surface area contributed by atoms with Crippen molar-refractivity contribution >= 4 is 22.5 Å². The normalized spacial score (nSPS) is 13.1. The molecule has 0 aliphatic carbocycles. The molecule has 14 heavy (non-hydrogen) atoms. The Bertz CT molecular complexity index is 473. The minimum absolute atomic E-state index is 0.00120. The van der Waals surface area contributed by atoms with Crippen molar-refractivity contribution in [3.8, 4) is 0 Å². The maximum absolute atomic E-state index is 12.7. The summed E-state index contributed by atoms with van der Waals surface area (Å²) in [7, 11) is 0. The summed E-state index contributed by atoms with van der Waals surface area (Å²) in [4.78, 5) is 3.96. The van der Waals surface area contributed by atoms with Gasteiger partial charge in [0, 0.05) is 5.39 Å². The van der Waals surface area contributed by atoms with Gasteiger partial charge in [-0.2, -0.15) is 0 Å². The molecule has 0 fully saturated rings. The lowest BCUT2D eigenvalue weighted by Gasteiger charge is -2.05. The van der Waals surface area contributed by atoms with E-state index in [2.05, 4.69) is 4.98 Å². The number of benzene rings is 1. The van der Waals surface area contributed by atoms with Crippen molar-refractivity contribution in [1.82, 2.24) is 4.98 Å². The van der Waals surface area contributed by atoms with Crippen molar-refractivity contribution in [2.75, 3.05) is 0 Å². The number of aliphatic hydroxyl groups is 1. The van der Waals surface area contributed by atoms with Crippen LogP contribution in [0.4, 0.5) is 4.39 Å². The Hall–Kier alpha value is -1.19. The molecule has 0 spiro atoms. The topological polar surface area (TPSA) is 33.1 Å². The standard InChI is InChI=1S/C10H7ClFNO/c11-9-7(10(12)14)5-6-3-1-2-4-8(6)13-9/h1-5,10,14H/t10-/m1/s1. The number of aliphatic hydroxyl groups excluding tert-OH is 1. The number of pyridine rings is 1. The summed E-state index contributed by atoms with van der Waals surface area (Å²) in [6.07, 6.45) is -2.08.